The normalized spacial score (nSPS) is 14.2. The molecular formula is C23H27N5O2. The zero-order chi connectivity index (χ0) is 20.9. The summed E-state index contributed by atoms with van der Waals surface area (Å²) in [5.41, 5.74) is 3.02. The minimum Gasteiger partial charge on any atom is -0.339 e. The van der Waals surface area contributed by atoms with Gasteiger partial charge in [-0.2, -0.15) is 0 Å². The van der Waals surface area contributed by atoms with Crippen molar-refractivity contribution < 1.29 is 9.59 Å². The van der Waals surface area contributed by atoms with Gasteiger partial charge in [-0.15, -0.1) is 0 Å². The van der Waals surface area contributed by atoms with E-state index < -0.39 is 0 Å². The first-order valence-electron chi connectivity index (χ1n) is 10.5. The average Bonchev–Trinajstić information content (AvgIpc) is 3.16. The van der Waals surface area contributed by atoms with Crippen LogP contribution in [0.3, 0.4) is 0 Å². The molecule has 1 aliphatic heterocycles. The number of aryl methyl sites for hydroxylation is 1. The van der Waals surface area contributed by atoms with Gasteiger partial charge in [0.25, 0.3) is 0 Å². The van der Waals surface area contributed by atoms with E-state index in [2.05, 4.69) is 28.1 Å². The largest absolute Gasteiger partial charge is 0.339 e. The summed E-state index contributed by atoms with van der Waals surface area (Å²) in [7, 11) is 0. The van der Waals surface area contributed by atoms with E-state index in [1.165, 1.54) is 0 Å². The highest BCUT2D eigenvalue weighted by atomic mass is 16.2. The van der Waals surface area contributed by atoms with Crippen molar-refractivity contribution in [2.24, 2.45) is 0 Å². The second-order valence-corrected chi connectivity index (χ2v) is 7.39. The second-order valence-electron chi connectivity index (χ2n) is 7.39. The van der Waals surface area contributed by atoms with Gasteiger partial charge in [0.1, 0.15) is 5.82 Å². The lowest BCUT2D eigenvalue weighted by molar-refractivity contribution is -0.132. The van der Waals surface area contributed by atoms with Gasteiger partial charge in [-0.3, -0.25) is 9.36 Å². The number of nitrogens with one attached hydrogen (secondary N) is 1. The molecule has 3 aromatic rings. The van der Waals surface area contributed by atoms with Gasteiger partial charge in [-0.1, -0.05) is 30.3 Å². The average molecular weight is 406 g/mol. The highest BCUT2D eigenvalue weighted by Crippen LogP contribution is 2.22. The van der Waals surface area contributed by atoms with E-state index in [4.69, 9.17) is 4.98 Å². The third-order valence-electron chi connectivity index (χ3n) is 5.45. The van der Waals surface area contributed by atoms with Gasteiger partial charge >= 0.3 is 6.03 Å². The molecule has 156 valence electrons. The lowest BCUT2D eigenvalue weighted by Gasteiger charge is -2.34. The van der Waals surface area contributed by atoms with E-state index >= 15 is 0 Å². The number of hydrogen-bond donors (Lipinski definition) is 1. The molecule has 7 heteroatoms. The highest BCUT2D eigenvalue weighted by Gasteiger charge is 2.24. The number of imidazole rings is 1. The number of amides is 3. The van der Waals surface area contributed by atoms with E-state index in [0.717, 1.165) is 22.5 Å². The number of piperazine rings is 1. The first kappa shape index (κ1) is 19.9. The minimum atomic E-state index is -0.0545. The van der Waals surface area contributed by atoms with Crippen LogP contribution < -0.4 is 5.32 Å². The number of hydrogen-bond acceptors (Lipinski definition) is 3. The van der Waals surface area contributed by atoms with Gasteiger partial charge < -0.3 is 15.1 Å². The summed E-state index contributed by atoms with van der Waals surface area (Å²) in [5, 5.41) is 2.81. The molecule has 7 nitrogen and oxygen atoms in total. The lowest BCUT2D eigenvalue weighted by atomic mass is 10.2. The number of benzene rings is 2. The molecular weight excluding hydrogens is 378 g/mol. The van der Waals surface area contributed by atoms with Gasteiger partial charge in [-0.05, 0) is 31.2 Å². The third kappa shape index (κ3) is 4.15. The van der Waals surface area contributed by atoms with E-state index in [9.17, 15) is 9.59 Å². The Bertz CT molecular complexity index is 1020. The number of carbonyl (C=O) groups excluding carboxylic acids is 2. The van der Waals surface area contributed by atoms with Crippen LogP contribution in [0.1, 0.15) is 19.2 Å². The van der Waals surface area contributed by atoms with Gasteiger partial charge in [0, 0.05) is 51.3 Å². The van der Waals surface area contributed by atoms with Gasteiger partial charge in [0.2, 0.25) is 5.91 Å². The Kier molecular flexibility index (Phi) is 5.97. The van der Waals surface area contributed by atoms with Crippen LogP contribution in [0.4, 0.5) is 4.79 Å². The fourth-order valence-corrected chi connectivity index (χ4v) is 3.91. The maximum absolute atomic E-state index is 12.8. The van der Waals surface area contributed by atoms with Gasteiger partial charge in [-0.25, -0.2) is 9.78 Å². The molecule has 0 saturated carbocycles. The van der Waals surface area contributed by atoms with Gasteiger partial charge in [0.15, 0.2) is 0 Å². The Balaban J connectivity index is 1.44. The van der Waals surface area contributed by atoms with Crippen LogP contribution in [0.25, 0.3) is 16.7 Å². The van der Waals surface area contributed by atoms with Crippen molar-refractivity contribution >= 4 is 23.0 Å². The number of urea groups is 1. The van der Waals surface area contributed by atoms with Crippen molar-refractivity contribution in [3.05, 3.63) is 60.4 Å². The maximum Gasteiger partial charge on any atom is 0.317 e. The summed E-state index contributed by atoms with van der Waals surface area (Å²) >= 11 is 0. The highest BCUT2D eigenvalue weighted by molar-refractivity contribution is 5.80. The van der Waals surface area contributed by atoms with Gasteiger partial charge in [0.05, 0.1) is 11.0 Å². The number of fused-ring (bicyclic) bond motifs is 1. The van der Waals surface area contributed by atoms with Crippen LogP contribution in [0.15, 0.2) is 54.6 Å². The molecule has 1 N–H and O–H groups in total. The molecule has 0 radical (unpaired) electrons. The maximum atomic E-state index is 12.8. The van der Waals surface area contributed by atoms with E-state index in [0.29, 0.717) is 45.6 Å². The monoisotopic (exact) mass is 405 g/mol. The van der Waals surface area contributed by atoms with E-state index in [-0.39, 0.29) is 11.9 Å². The molecule has 1 saturated heterocycles. The SMILES string of the molecule is CCNC(=O)N1CCN(C(=O)CCc2nc3ccccc3n2-c2ccccc2)CC1. The van der Waals surface area contributed by atoms with E-state index in [1.54, 1.807) is 4.90 Å². The lowest BCUT2D eigenvalue weighted by Crippen LogP contribution is -2.53. The number of carbonyl (C=O) groups is 2. The van der Waals surface area contributed by atoms with Crippen LogP contribution in [-0.2, 0) is 11.2 Å². The molecule has 1 aliphatic rings. The topological polar surface area (TPSA) is 70.5 Å². The van der Waals surface area contributed by atoms with Crippen LogP contribution in [0.5, 0.6) is 0 Å². The number of para-hydroxylation sites is 3. The smallest absolute Gasteiger partial charge is 0.317 e. The Hall–Kier alpha value is -3.35. The first-order chi connectivity index (χ1) is 14.7. The van der Waals surface area contributed by atoms with E-state index in [1.807, 2.05) is 48.2 Å². The molecule has 0 aliphatic carbocycles. The Morgan fingerprint density at radius 1 is 0.933 bits per heavy atom. The summed E-state index contributed by atoms with van der Waals surface area (Å²) in [5.74, 6) is 0.994. The second kappa shape index (κ2) is 8.98. The Morgan fingerprint density at radius 3 is 2.33 bits per heavy atom. The van der Waals surface area contributed by atoms with Crippen molar-refractivity contribution in [2.45, 2.75) is 19.8 Å². The number of rotatable bonds is 5. The number of aromatic nitrogens is 2. The van der Waals surface area contributed by atoms with Crippen LogP contribution in [0.2, 0.25) is 0 Å². The van der Waals surface area contributed by atoms with Crippen molar-refractivity contribution in [1.82, 2.24) is 24.7 Å². The Labute approximate surface area is 176 Å². The van der Waals surface area contributed by atoms with Crippen LogP contribution >= 0.6 is 0 Å². The minimum absolute atomic E-state index is 0.0545. The van der Waals surface area contributed by atoms with Crippen LogP contribution in [0, 0.1) is 0 Å². The molecule has 2 heterocycles. The predicted octanol–water partition coefficient (Wildman–Crippen LogP) is 2.83. The molecule has 0 bridgehead atoms. The van der Waals surface area contributed by atoms with Crippen molar-refractivity contribution in [1.29, 1.82) is 0 Å². The van der Waals surface area contributed by atoms with Crippen molar-refractivity contribution in [3.8, 4) is 5.69 Å². The van der Waals surface area contributed by atoms with Crippen LogP contribution in [-0.4, -0.2) is 64.0 Å². The summed E-state index contributed by atoms with van der Waals surface area (Å²) in [4.78, 5) is 33.2. The molecule has 0 unspecified atom stereocenters. The van der Waals surface area contributed by atoms with Crippen molar-refractivity contribution in [2.75, 3.05) is 32.7 Å². The fourth-order valence-electron chi connectivity index (χ4n) is 3.91. The quantitative estimate of drug-likeness (QED) is 0.710. The zero-order valence-corrected chi connectivity index (χ0v) is 17.3. The molecule has 4 rings (SSSR count). The first-order valence-corrected chi connectivity index (χ1v) is 10.5. The summed E-state index contributed by atoms with van der Waals surface area (Å²) < 4.78 is 2.13. The predicted molar refractivity (Wildman–Crippen MR) is 117 cm³/mol. The number of nitrogens with zero attached hydrogens (tertiary/aromatic N) is 4. The molecule has 1 fully saturated rings. The summed E-state index contributed by atoms with van der Waals surface area (Å²) in [6.07, 6.45) is 0.969. The Morgan fingerprint density at radius 2 is 1.60 bits per heavy atom. The summed E-state index contributed by atoms with van der Waals surface area (Å²) in [6.45, 7) is 4.80. The molecule has 0 spiro atoms. The molecule has 2 aromatic carbocycles. The van der Waals surface area contributed by atoms with Crippen molar-refractivity contribution in [3.63, 3.8) is 0 Å². The standard InChI is InChI=1S/C23H27N5O2/c1-2-24-23(30)27-16-14-26(15-17-27)22(29)13-12-21-25-19-10-6-7-11-20(19)28(21)18-8-4-3-5-9-18/h3-11H,2,12-17H2,1H3,(H,24,30). The zero-order valence-electron chi connectivity index (χ0n) is 17.3. The fraction of sp³-hybridized carbons (Fsp3) is 0.348. The molecule has 1 aromatic heterocycles. The molecule has 3 amide bonds. The molecule has 0 atom stereocenters. The summed E-state index contributed by atoms with van der Waals surface area (Å²) in [6, 6.07) is 18.1. The third-order valence-corrected chi connectivity index (χ3v) is 5.45. The molecule has 30 heavy (non-hydrogen) atoms.